The first-order valence-corrected chi connectivity index (χ1v) is 15.0. The van der Waals surface area contributed by atoms with E-state index in [-0.39, 0.29) is 51.4 Å². The van der Waals surface area contributed by atoms with Gasteiger partial charge in [-0.3, -0.25) is 43.2 Å². The van der Waals surface area contributed by atoms with Crippen LogP contribution in [0.25, 0.3) is 0 Å². The highest BCUT2D eigenvalue weighted by molar-refractivity contribution is 5.77. The minimum atomic E-state index is -1.11. The Hall–Kier alpha value is -5.05. The van der Waals surface area contributed by atoms with Gasteiger partial charge in [0.25, 0.3) is 0 Å². The number of aliphatic carboxylic acids is 7. The normalized spacial score (nSPS) is 13.7. The van der Waals surface area contributed by atoms with Crippen molar-refractivity contribution in [3.8, 4) is 0 Å². The monoisotopic (exact) mass is 763 g/mol. The summed E-state index contributed by atoms with van der Waals surface area (Å²) in [5.74, 6) is -7.46. The molecule has 24 N–H and O–H groups in total. The standard InChI is InChI=1S/C6H13NO2.2C5H10N2O3.C5H9NO2.3C2H5NO2/c1-4(2)3-5(7)6(8)9;2*6-3(5(9)10)1-2-4(7)8;7-5(8)4-2-1-3-6-4;3*3-1-2(4)5/h4-5H,3,7H2,1-2H3,(H,8,9);2*3H,1-2,6H2,(H2,7,8)(H,9,10);4,6H,1-3H2,(H,7,8);3*1,3H2,(H,4,5)/t5-;2*3-;4-;;;/m0000.../s1. The molecule has 1 saturated heterocycles. The predicted octanol–water partition coefficient (Wildman–Crippen LogP) is -5.32. The minimum Gasteiger partial charge on any atom is -0.480 e. The lowest BCUT2D eigenvalue weighted by Crippen LogP contribution is -2.31. The fourth-order valence-corrected chi connectivity index (χ4v) is 2.35. The van der Waals surface area contributed by atoms with Crippen LogP contribution in [-0.4, -0.2) is 140 Å². The third-order valence-electron chi connectivity index (χ3n) is 4.96. The molecular formula is C27H57N9O16. The van der Waals surface area contributed by atoms with E-state index in [9.17, 15) is 43.2 Å². The van der Waals surface area contributed by atoms with E-state index in [2.05, 4.69) is 22.5 Å². The molecule has 2 amide bonds. The van der Waals surface area contributed by atoms with Crippen molar-refractivity contribution in [3.05, 3.63) is 0 Å². The highest BCUT2D eigenvalue weighted by Gasteiger charge is 2.20. The Morgan fingerprint density at radius 2 is 0.885 bits per heavy atom. The molecule has 0 saturated carbocycles. The van der Waals surface area contributed by atoms with Crippen molar-refractivity contribution in [2.45, 2.75) is 83.0 Å². The molecule has 1 aliphatic rings. The van der Waals surface area contributed by atoms with Crippen LogP contribution in [0.2, 0.25) is 0 Å². The molecule has 0 aromatic heterocycles. The quantitative estimate of drug-likeness (QED) is 0.0740. The van der Waals surface area contributed by atoms with Gasteiger partial charge in [0.05, 0.1) is 19.6 Å². The van der Waals surface area contributed by atoms with E-state index in [1.807, 2.05) is 13.8 Å². The van der Waals surface area contributed by atoms with Crippen molar-refractivity contribution in [3.63, 3.8) is 0 Å². The van der Waals surface area contributed by atoms with Crippen LogP contribution in [0.5, 0.6) is 0 Å². The van der Waals surface area contributed by atoms with Crippen molar-refractivity contribution in [2.75, 3.05) is 26.2 Å². The largest absolute Gasteiger partial charge is 0.480 e. The highest BCUT2D eigenvalue weighted by atomic mass is 16.4. The number of carboxylic acids is 7. The summed E-state index contributed by atoms with van der Waals surface area (Å²) in [7, 11) is 0. The van der Waals surface area contributed by atoms with Gasteiger partial charge in [-0.05, 0) is 44.6 Å². The average Bonchev–Trinajstić information content (AvgIpc) is 3.59. The van der Waals surface area contributed by atoms with Gasteiger partial charge >= 0.3 is 41.8 Å². The maximum absolute atomic E-state index is 10.1. The molecule has 0 unspecified atom stereocenters. The van der Waals surface area contributed by atoms with Crippen LogP contribution in [0, 0.1) is 5.92 Å². The van der Waals surface area contributed by atoms with Crippen LogP contribution in [0.15, 0.2) is 0 Å². The van der Waals surface area contributed by atoms with Gasteiger partial charge < -0.3 is 86.9 Å². The van der Waals surface area contributed by atoms with Crippen LogP contribution in [-0.2, 0) is 43.2 Å². The average molecular weight is 764 g/mol. The molecule has 0 spiro atoms. The number of nitrogens with two attached hydrogens (primary N) is 8. The Morgan fingerprint density at radius 1 is 0.596 bits per heavy atom. The minimum absolute atomic E-state index is 0.0213. The third kappa shape index (κ3) is 60.3. The second-order valence-electron chi connectivity index (χ2n) is 10.3. The summed E-state index contributed by atoms with van der Waals surface area (Å²) in [4.78, 5) is 88.2. The van der Waals surface area contributed by atoms with Crippen LogP contribution < -0.4 is 51.2 Å². The van der Waals surface area contributed by atoms with E-state index in [1.54, 1.807) is 0 Å². The van der Waals surface area contributed by atoms with Crippen molar-refractivity contribution >= 4 is 53.6 Å². The zero-order valence-electron chi connectivity index (χ0n) is 29.1. The molecule has 0 radical (unpaired) electrons. The van der Waals surface area contributed by atoms with E-state index in [0.29, 0.717) is 12.3 Å². The van der Waals surface area contributed by atoms with Gasteiger partial charge in [0.2, 0.25) is 11.8 Å². The number of carbonyl (C=O) groups excluding carboxylic acids is 2. The van der Waals surface area contributed by atoms with Gasteiger partial charge in [0.15, 0.2) is 0 Å². The summed E-state index contributed by atoms with van der Waals surface area (Å²) in [6.45, 7) is 3.92. The van der Waals surface area contributed by atoms with Gasteiger partial charge in [-0.1, -0.05) is 13.8 Å². The summed E-state index contributed by atoms with van der Waals surface area (Å²) in [5.41, 5.74) is 38.6. The number of carboxylic acid groups (broad SMARTS) is 7. The van der Waals surface area contributed by atoms with Gasteiger partial charge in [-0.25, -0.2) is 0 Å². The molecule has 1 heterocycles. The molecule has 52 heavy (non-hydrogen) atoms. The zero-order valence-corrected chi connectivity index (χ0v) is 29.1. The van der Waals surface area contributed by atoms with Gasteiger partial charge in [0.1, 0.15) is 24.2 Å². The molecular weight excluding hydrogens is 706 g/mol. The summed E-state index contributed by atoms with van der Waals surface area (Å²) in [6.07, 6.45) is 2.58. The first-order valence-electron chi connectivity index (χ1n) is 15.0. The second-order valence-corrected chi connectivity index (χ2v) is 10.3. The van der Waals surface area contributed by atoms with Gasteiger partial charge in [-0.15, -0.1) is 0 Å². The maximum atomic E-state index is 10.1. The smallest absolute Gasteiger partial charge is 0.320 e. The number of nitrogens with one attached hydrogen (secondary N) is 1. The Kier molecular flexibility index (Phi) is 44.0. The number of hydrogen-bond acceptors (Lipinski definition) is 16. The number of rotatable bonds is 15. The van der Waals surface area contributed by atoms with Crippen LogP contribution >= 0.6 is 0 Å². The zero-order chi connectivity index (χ0) is 42.6. The predicted molar refractivity (Wildman–Crippen MR) is 182 cm³/mol. The van der Waals surface area contributed by atoms with E-state index in [1.165, 1.54) is 0 Å². The topological polar surface area (TPSA) is 515 Å². The van der Waals surface area contributed by atoms with Crippen molar-refractivity contribution in [1.29, 1.82) is 0 Å². The summed E-state index contributed by atoms with van der Waals surface area (Å²) >= 11 is 0. The number of carbonyl (C=O) groups is 9. The molecule has 1 rings (SSSR count). The number of primary amides is 2. The van der Waals surface area contributed by atoms with Crippen molar-refractivity contribution in [1.82, 2.24) is 5.32 Å². The summed E-state index contributed by atoms with van der Waals surface area (Å²) in [5, 5.41) is 58.7. The van der Waals surface area contributed by atoms with Gasteiger partial charge in [-0.2, -0.15) is 0 Å². The second kappa shape index (κ2) is 38.7. The number of hydrogen-bond donors (Lipinski definition) is 16. The van der Waals surface area contributed by atoms with E-state index < -0.39 is 71.7 Å². The Labute approximate surface area is 299 Å². The maximum Gasteiger partial charge on any atom is 0.320 e. The molecule has 25 heteroatoms. The van der Waals surface area contributed by atoms with Crippen molar-refractivity contribution in [2.24, 2.45) is 51.8 Å². The van der Waals surface area contributed by atoms with Crippen molar-refractivity contribution < 1.29 is 78.9 Å². The summed E-state index contributed by atoms with van der Waals surface area (Å²) in [6, 6.07) is -2.92. The Bertz CT molecular complexity index is 991. The fraction of sp³-hybridized carbons (Fsp3) is 0.667. The highest BCUT2D eigenvalue weighted by Crippen LogP contribution is 2.03. The first-order chi connectivity index (χ1) is 23.7. The molecule has 0 aromatic carbocycles. The van der Waals surface area contributed by atoms with Crippen LogP contribution in [0.4, 0.5) is 0 Å². The molecule has 0 bridgehead atoms. The molecule has 0 aliphatic carbocycles. The molecule has 306 valence electrons. The Morgan fingerprint density at radius 3 is 1.00 bits per heavy atom. The van der Waals surface area contributed by atoms with E-state index >= 15 is 0 Å². The lowest BCUT2D eigenvalue weighted by Gasteiger charge is -2.07. The lowest BCUT2D eigenvalue weighted by atomic mass is 10.1. The summed E-state index contributed by atoms with van der Waals surface area (Å²) < 4.78 is 0. The van der Waals surface area contributed by atoms with E-state index in [0.717, 1.165) is 19.4 Å². The molecule has 1 aliphatic heterocycles. The lowest BCUT2D eigenvalue weighted by molar-refractivity contribution is -0.139. The SMILES string of the molecule is CC(C)C[C@H](N)C(=O)O.NC(=O)CC[C@H](N)C(=O)O.NC(=O)CC[C@H](N)C(=O)O.NCC(=O)O.NCC(=O)O.NCC(=O)O.O=C(O)[C@@H]1CCCN1. The fourth-order valence-electron chi connectivity index (χ4n) is 2.35. The number of amides is 2. The van der Waals surface area contributed by atoms with Crippen LogP contribution in [0.1, 0.15) is 58.8 Å². The molecule has 1 fully saturated rings. The molecule has 4 atom stereocenters. The van der Waals surface area contributed by atoms with Crippen LogP contribution in [0.3, 0.4) is 0 Å². The molecule has 0 aromatic rings. The molecule has 25 nitrogen and oxygen atoms in total. The van der Waals surface area contributed by atoms with Gasteiger partial charge in [0, 0.05) is 12.8 Å². The third-order valence-corrected chi connectivity index (χ3v) is 4.96. The van der Waals surface area contributed by atoms with E-state index in [4.69, 9.17) is 64.4 Å². The first kappa shape index (κ1) is 59.1. The Balaban J connectivity index is -0.000000121.